The molecule has 0 bridgehead atoms. The van der Waals surface area contributed by atoms with Gasteiger partial charge in [0.1, 0.15) is 5.75 Å². The molecule has 2 heterocycles. The van der Waals surface area contributed by atoms with E-state index in [9.17, 15) is 4.79 Å². The van der Waals surface area contributed by atoms with Gasteiger partial charge < -0.3 is 19.7 Å². The molecule has 212 valence electrons. The molecule has 1 saturated carbocycles. The Morgan fingerprint density at radius 3 is 2.50 bits per heavy atom. The lowest BCUT2D eigenvalue weighted by Gasteiger charge is -2.35. The Balaban J connectivity index is 0.00000253. The first-order valence-electron chi connectivity index (χ1n) is 13.7. The van der Waals surface area contributed by atoms with Gasteiger partial charge in [-0.15, -0.1) is 29.9 Å². The fourth-order valence-corrected chi connectivity index (χ4v) is 5.33. The second-order valence-corrected chi connectivity index (χ2v) is 10.4. The molecule has 9 heteroatoms. The first kappa shape index (κ1) is 32.3. The molecule has 2 aliphatic rings. The van der Waals surface area contributed by atoms with E-state index >= 15 is 0 Å². The Bertz CT molecular complexity index is 986. The molecule has 0 radical (unpaired) electrons. The molecule has 7 nitrogen and oxygen atoms in total. The number of likely N-dealkylation sites (tertiary alicyclic amines) is 1. The van der Waals surface area contributed by atoms with Crippen LogP contribution in [0.2, 0.25) is 0 Å². The number of nitrogens with zero attached hydrogens (tertiary/aromatic N) is 3. The summed E-state index contributed by atoms with van der Waals surface area (Å²) in [5.74, 6) is 1.02. The lowest BCUT2D eigenvalue weighted by Crippen LogP contribution is -2.47. The highest BCUT2D eigenvalue weighted by Gasteiger charge is 2.28. The summed E-state index contributed by atoms with van der Waals surface area (Å²) in [4.78, 5) is 15.3. The number of unbranched alkanes of at least 4 members (excludes halogenated alkanes) is 1. The lowest BCUT2D eigenvalue weighted by molar-refractivity contribution is -0.00261. The maximum absolute atomic E-state index is 13.0. The zero-order valence-electron chi connectivity index (χ0n) is 23.0. The summed E-state index contributed by atoms with van der Waals surface area (Å²) in [6, 6.07) is 10.1. The smallest absolute Gasteiger partial charge is 0.271 e. The minimum absolute atomic E-state index is 0. The van der Waals surface area contributed by atoms with Crippen LogP contribution in [0.15, 0.2) is 30.3 Å². The van der Waals surface area contributed by atoms with Crippen molar-refractivity contribution in [2.24, 2.45) is 5.92 Å². The van der Waals surface area contributed by atoms with Crippen molar-refractivity contribution in [1.82, 2.24) is 20.4 Å². The van der Waals surface area contributed by atoms with Crippen molar-refractivity contribution in [2.45, 2.75) is 76.9 Å². The Kier molecular flexibility index (Phi) is 13.8. The topological polar surface area (TPSA) is 76.6 Å². The number of hydrogen-bond acceptors (Lipinski definition) is 6. The van der Waals surface area contributed by atoms with E-state index in [-0.39, 0.29) is 36.8 Å². The van der Waals surface area contributed by atoms with Crippen molar-refractivity contribution in [3.05, 3.63) is 41.7 Å². The third-order valence-electron chi connectivity index (χ3n) is 7.62. The predicted octanol–water partition coefficient (Wildman–Crippen LogP) is 5.74. The Labute approximate surface area is 240 Å². The SMILES string of the molecule is CCCCc1nnc(C(=O)NC[C@@H]2CCN(C)C[C@@H]2OC)cc1-c1ccc(OC2CCCCC2)cc1.Cl.Cl. The van der Waals surface area contributed by atoms with Crippen LogP contribution in [0.5, 0.6) is 5.75 Å². The average molecular weight is 568 g/mol. The van der Waals surface area contributed by atoms with Crippen molar-refractivity contribution in [2.75, 3.05) is 33.8 Å². The molecule has 1 saturated heterocycles. The van der Waals surface area contributed by atoms with Crippen molar-refractivity contribution in [1.29, 1.82) is 0 Å². The van der Waals surface area contributed by atoms with Gasteiger partial charge in [0.2, 0.25) is 0 Å². The molecule has 2 fully saturated rings. The fraction of sp³-hybridized carbons (Fsp3) is 0.621. The van der Waals surface area contributed by atoms with E-state index in [4.69, 9.17) is 9.47 Å². The predicted molar refractivity (Wildman–Crippen MR) is 157 cm³/mol. The standard InChI is InChI=1S/C29H42N4O3.2ClH/c1-4-5-11-26-25(21-12-14-24(15-13-21)36-23-9-7-6-8-10-23)18-27(32-31-26)29(34)30-19-22-16-17-33(2)20-28(22)35-3;;/h12-15,18,22-23,28H,4-11,16-17,19-20H2,1-3H3,(H,30,34);2*1H/t22-,28-;;/m0../s1. The minimum atomic E-state index is -0.183. The van der Waals surface area contributed by atoms with Crippen molar-refractivity contribution in [3.8, 4) is 16.9 Å². The van der Waals surface area contributed by atoms with E-state index in [1.54, 1.807) is 7.11 Å². The second-order valence-electron chi connectivity index (χ2n) is 10.4. The minimum Gasteiger partial charge on any atom is -0.490 e. The number of aryl methyl sites for hydroxylation is 1. The summed E-state index contributed by atoms with van der Waals surface area (Å²) in [7, 11) is 3.85. The van der Waals surface area contributed by atoms with Crippen LogP contribution in [-0.2, 0) is 11.2 Å². The summed E-state index contributed by atoms with van der Waals surface area (Å²) < 4.78 is 11.9. The van der Waals surface area contributed by atoms with Gasteiger partial charge in [-0.2, -0.15) is 5.10 Å². The third kappa shape index (κ3) is 8.80. The highest BCUT2D eigenvalue weighted by atomic mass is 35.5. The number of ether oxygens (including phenoxy) is 2. The normalized spacial score (nSPS) is 20.2. The molecule has 4 rings (SSSR count). The van der Waals surface area contributed by atoms with Crippen LogP contribution in [0.3, 0.4) is 0 Å². The number of aromatic nitrogens is 2. The van der Waals surface area contributed by atoms with Gasteiger partial charge in [0.25, 0.3) is 5.91 Å². The summed E-state index contributed by atoms with van der Waals surface area (Å²) in [5.41, 5.74) is 3.30. The number of hydrogen-bond donors (Lipinski definition) is 1. The van der Waals surface area contributed by atoms with E-state index < -0.39 is 0 Å². The zero-order chi connectivity index (χ0) is 25.3. The van der Waals surface area contributed by atoms with Crippen LogP contribution in [0.25, 0.3) is 11.1 Å². The van der Waals surface area contributed by atoms with E-state index in [1.165, 1.54) is 19.3 Å². The van der Waals surface area contributed by atoms with Gasteiger partial charge in [-0.3, -0.25) is 4.79 Å². The monoisotopic (exact) mass is 566 g/mol. The largest absolute Gasteiger partial charge is 0.490 e. The molecule has 1 aliphatic heterocycles. The number of nitrogens with one attached hydrogen (secondary N) is 1. The van der Waals surface area contributed by atoms with Crippen molar-refractivity contribution < 1.29 is 14.3 Å². The molecule has 2 aromatic rings. The fourth-order valence-electron chi connectivity index (χ4n) is 5.33. The van der Waals surface area contributed by atoms with Gasteiger partial charge >= 0.3 is 0 Å². The molecule has 1 N–H and O–H groups in total. The maximum atomic E-state index is 13.0. The molecular weight excluding hydrogens is 523 g/mol. The third-order valence-corrected chi connectivity index (χ3v) is 7.62. The summed E-state index contributed by atoms with van der Waals surface area (Å²) in [6.07, 6.45) is 10.5. The first-order chi connectivity index (χ1) is 17.6. The zero-order valence-corrected chi connectivity index (χ0v) is 24.6. The number of carbonyl (C=O) groups excluding carboxylic acids is 1. The molecule has 1 amide bonds. The quantitative estimate of drug-likeness (QED) is 0.395. The van der Waals surface area contributed by atoms with Gasteiger partial charge in [0.05, 0.1) is 17.9 Å². The molecule has 0 spiro atoms. The summed E-state index contributed by atoms with van der Waals surface area (Å²) in [5, 5.41) is 11.9. The number of halogens is 2. The van der Waals surface area contributed by atoms with E-state index in [0.717, 1.165) is 74.2 Å². The van der Waals surface area contributed by atoms with Crippen molar-refractivity contribution >= 4 is 30.7 Å². The molecular formula is C29H44Cl2N4O3. The number of benzene rings is 1. The highest BCUT2D eigenvalue weighted by molar-refractivity contribution is 5.93. The Hall–Kier alpha value is -1.93. The number of piperidine rings is 1. The number of methoxy groups -OCH3 is 1. The van der Waals surface area contributed by atoms with Crippen molar-refractivity contribution in [3.63, 3.8) is 0 Å². The van der Waals surface area contributed by atoms with E-state index in [1.807, 2.05) is 18.2 Å². The van der Waals surface area contributed by atoms with Crippen LogP contribution in [0, 0.1) is 5.92 Å². The summed E-state index contributed by atoms with van der Waals surface area (Å²) >= 11 is 0. The van der Waals surface area contributed by atoms with Crippen LogP contribution < -0.4 is 10.1 Å². The van der Waals surface area contributed by atoms with Crippen LogP contribution in [0.4, 0.5) is 0 Å². The van der Waals surface area contributed by atoms with E-state index in [0.29, 0.717) is 24.3 Å². The Morgan fingerprint density at radius 2 is 1.82 bits per heavy atom. The number of rotatable bonds is 10. The van der Waals surface area contributed by atoms with Crippen LogP contribution >= 0.6 is 24.8 Å². The molecule has 2 atom stereocenters. The lowest BCUT2D eigenvalue weighted by atomic mass is 9.94. The maximum Gasteiger partial charge on any atom is 0.271 e. The molecule has 0 unspecified atom stereocenters. The van der Waals surface area contributed by atoms with Gasteiger partial charge in [0, 0.05) is 31.7 Å². The molecule has 1 aromatic carbocycles. The second kappa shape index (κ2) is 16.2. The Morgan fingerprint density at radius 1 is 1.08 bits per heavy atom. The van der Waals surface area contributed by atoms with E-state index in [2.05, 4.69) is 46.5 Å². The summed E-state index contributed by atoms with van der Waals surface area (Å²) in [6.45, 7) is 4.64. The van der Waals surface area contributed by atoms with Crippen LogP contribution in [-0.4, -0.2) is 67.0 Å². The van der Waals surface area contributed by atoms with Crippen LogP contribution in [0.1, 0.15) is 74.5 Å². The van der Waals surface area contributed by atoms with Gasteiger partial charge in [0.15, 0.2) is 5.69 Å². The molecule has 1 aromatic heterocycles. The molecule has 1 aliphatic carbocycles. The number of amides is 1. The highest BCUT2D eigenvalue weighted by Crippen LogP contribution is 2.29. The van der Waals surface area contributed by atoms with Gasteiger partial charge in [-0.05, 0) is 82.3 Å². The number of carbonyl (C=O) groups is 1. The average Bonchev–Trinajstić information content (AvgIpc) is 2.92. The first-order valence-corrected chi connectivity index (χ1v) is 13.7. The van der Waals surface area contributed by atoms with Gasteiger partial charge in [-0.25, -0.2) is 0 Å². The number of likely N-dealkylation sites (N-methyl/N-ethyl adjacent to an activating group) is 1. The van der Waals surface area contributed by atoms with Gasteiger partial charge in [-0.1, -0.05) is 31.9 Å². The molecule has 38 heavy (non-hydrogen) atoms.